The molecule has 0 amide bonds. The summed E-state index contributed by atoms with van der Waals surface area (Å²) < 4.78 is 4.94. The van der Waals surface area contributed by atoms with E-state index in [-0.39, 0.29) is 12.5 Å². The van der Waals surface area contributed by atoms with Crippen molar-refractivity contribution in [3.05, 3.63) is 38.0 Å². The van der Waals surface area contributed by atoms with Crippen molar-refractivity contribution in [2.45, 2.75) is 32.3 Å². The summed E-state index contributed by atoms with van der Waals surface area (Å²) in [7, 11) is 0. The van der Waals surface area contributed by atoms with E-state index in [1.165, 1.54) is 0 Å². The van der Waals surface area contributed by atoms with Crippen LogP contribution in [-0.2, 0) is 19.1 Å². The Hall–Kier alpha value is -2.53. The van der Waals surface area contributed by atoms with E-state index in [0.29, 0.717) is 6.61 Å². The van der Waals surface area contributed by atoms with Crippen LogP contribution in [0.5, 0.6) is 0 Å². The molecule has 0 rings (SSSR count). The maximum Gasteiger partial charge on any atom is 0.327 e. The van der Waals surface area contributed by atoms with Gasteiger partial charge in [0.1, 0.15) is 0 Å². The summed E-state index contributed by atoms with van der Waals surface area (Å²) in [6.45, 7) is 12.8. The third-order valence-electron chi connectivity index (χ3n) is 1.54. The van der Waals surface area contributed by atoms with Gasteiger partial charge in [0.15, 0.2) is 0 Å². The van der Waals surface area contributed by atoms with Gasteiger partial charge in [-0.05, 0) is 13.8 Å². The molecule has 0 heterocycles. The average Bonchev–Trinajstić information content (AvgIpc) is 2.47. The van der Waals surface area contributed by atoms with Crippen LogP contribution >= 0.6 is 0 Å². The minimum absolute atomic E-state index is 0.194. The molecule has 0 aliphatic rings. The van der Waals surface area contributed by atoms with Crippen LogP contribution in [0.3, 0.4) is 0 Å². The predicted octanol–water partition coefficient (Wildman–Crippen LogP) is 0.203. The normalized spacial score (nSPS) is 9.96. The van der Waals surface area contributed by atoms with Gasteiger partial charge in [0.2, 0.25) is 0 Å². The van der Waals surface area contributed by atoms with E-state index in [2.05, 4.69) is 19.7 Å². The van der Waals surface area contributed by atoms with E-state index in [1.807, 2.05) is 0 Å². The number of rotatable bonds is 7. The summed E-state index contributed by atoms with van der Waals surface area (Å²) in [5.41, 5.74) is 0. The van der Waals surface area contributed by atoms with Crippen LogP contribution in [0, 0.1) is 0 Å². The van der Waals surface area contributed by atoms with Crippen LogP contribution < -0.4 is 0 Å². The van der Waals surface area contributed by atoms with Gasteiger partial charge in [-0.15, -0.1) is 0 Å². The summed E-state index contributed by atoms with van der Waals surface area (Å²) in [4.78, 5) is 27.8. The molecule has 25 heavy (non-hydrogen) atoms. The van der Waals surface area contributed by atoms with Crippen molar-refractivity contribution in [2.75, 3.05) is 6.61 Å². The Morgan fingerprint density at radius 2 is 1.16 bits per heavy atom. The van der Waals surface area contributed by atoms with Crippen molar-refractivity contribution >= 4 is 17.9 Å². The maximum atomic E-state index is 9.25. The molecule has 0 aromatic carbocycles. The van der Waals surface area contributed by atoms with Gasteiger partial charge in [-0.1, -0.05) is 19.7 Å². The molecule has 0 fully saturated rings. The highest BCUT2D eigenvalue weighted by atomic mass is 16.7. The topological polar surface area (TPSA) is 182 Å². The molecule has 10 nitrogen and oxygen atoms in total. The van der Waals surface area contributed by atoms with E-state index < -0.39 is 23.9 Å². The zero-order valence-corrected chi connectivity index (χ0v) is 14.2. The van der Waals surface area contributed by atoms with E-state index in [9.17, 15) is 14.4 Å². The van der Waals surface area contributed by atoms with Crippen LogP contribution in [0.4, 0.5) is 0 Å². The molecule has 0 aromatic heterocycles. The van der Waals surface area contributed by atoms with Crippen molar-refractivity contribution in [3.63, 3.8) is 0 Å². The second-order valence-corrected chi connectivity index (χ2v) is 3.87. The van der Waals surface area contributed by atoms with E-state index in [4.69, 9.17) is 35.4 Å². The number of aliphatic carboxylic acids is 3. The average molecular weight is 366 g/mol. The van der Waals surface area contributed by atoms with Crippen LogP contribution in [0.1, 0.15) is 20.3 Å². The third kappa shape index (κ3) is 61.9. The molecule has 146 valence electrons. The maximum absolute atomic E-state index is 9.25. The second kappa shape index (κ2) is 19.5. The smallest absolute Gasteiger partial charge is 0.327 e. The SMILES string of the molecule is C=CC(=O)O.C=CC(=O)O.C=CC(=O)O.CCOC(C)CC(O)(O)O. The fourth-order valence-electron chi connectivity index (χ4n) is 0.729. The first-order valence-electron chi connectivity index (χ1n) is 6.62. The molecule has 0 aliphatic carbocycles. The number of aliphatic hydroxyl groups is 3. The summed E-state index contributed by atoms with van der Waals surface area (Å²) in [6, 6.07) is 0. The van der Waals surface area contributed by atoms with Crippen molar-refractivity contribution in [2.24, 2.45) is 0 Å². The fraction of sp³-hybridized carbons (Fsp3) is 0.400. The van der Waals surface area contributed by atoms with E-state index in [1.54, 1.807) is 13.8 Å². The van der Waals surface area contributed by atoms with Gasteiger partial charge < -0.3 is 35.4 Å². The number of ether oxygens (including phenoxy) is 1. The van der Waals surface area contributed by atoms with Gasteiger partial charge in [-0.25, -0.2) is 14.4 Å². The molecule has 10 heteroatoms. The molecule has 0 saturated heterocycles. The quantitative estimate of drug-likeness (QED) is 0.269. The van der Waals surface area contributed by atoms with Crippen LogP contribution in [-0.4, -0.2) is 67.2 Å². The number of carboxylic acid groups (broad SMARTS) is 3. The first-order valence-corrected chi connectivity index (χ1v) is 6.62. The predicted molar refractivity (Wildman–Crippen MR) is 88.6 cm³/mol. The largest absolute Gasteiger partial charge is 0.478 e. The molecule has 0 bridgehead atoms. The van der Waals surface area contributed by atoms with Crippen LogP contribution in [0.2, 0.25) is 0 Å². The number of carbonyl (C=O) groups is 3. The Bertz CT molecular complexity index is 366. The van der Waals surface area contributed by atoms with Crippen molar-refractivity contribution in [1.29, 1.82) is 0 Å². The van der Waals surface area contributed by atoms with E-state index in [0.717, 1.165) is 18.2 Å². The lowest BCUT2D eigenvalue weighted by molar-refractivity contribution is -0.323. The molecule has 0 spiro atoms. The Labute approximate surface area is 145 Å². The van der Waals surface area contributed by atoms with Crippen LogP contribution in [0.15, 0.2) is 38.0 Å². The minimum Gasteiger partial charge on any atom is -0.478 e. The second-order valence-electron chi connectivity index (χ2n) is 3.87. The number of hydrogen-bond donors (Lipinski definition) is 6. The van der Waals surface area contributed by atoms with Gasteiger partial charge in [-0.2, -0.15) is 0 Å². The molecule has 0 saturated carbocycles. The molecule has 0 aliphatic heterocycles. The van der Waals surface area contributed by atoms with Gasteiger partial charge >= 0.3 is 17.9 Å². The Balaban J connectivity index is -0.000000126. The molecule has 0 aromatic rings. The zero-order chi connectivity index (χ0) is 21.1. The molecule has 6 N–H and O–H groups in total. The highest BCUT2D eigenvalue weighted by Crippen LogP contribution is 2.07. The first kappa shape index (κ1) is 30.4. The Kier molecular flexibility index (Phi) is 23.7. The van der Waals surface area contributed by atoms with Gasteiger partial charge in [-0.3, -0.25) is 0 Å². The highest BCUT2D eigenvalue weighted by molar-refractivity contribution is 5.79. The van der Waals surface area contributed by atoms with E-state index >= 15 is 0 Å². The zero-order valence-electron chi connectivity index (χ0n) is 14.2. The molecule has 1 unspecified atom stereocenters. The summed E-state index contributed by atoms with van der Waals surface area (Å²) in [5, 5.41) is 48.1. The lowest BCUT2D eigenvalue weighted by atomic mass is 10.2. The molecular formula is C15H26O10. The highest BCUT2D eigenvalue weighted by Gasteiger charge is 2.21. The Morgan fingerprint density at radius 3 is 1.28 bits per heavy atom. The minimum atomic E-state index is -2.60. The van der Waals surface area contributed by atoms with Crippen molar-refractivity contribution in [1.82, 2.24) is 0 Å². The standard InChI is InChI=1S/C6H14O4.3C3H4O2/c1-3-10-5(2)4-6(7,8)9;3*1-2-3(4)5/h5,7-9H,3-4H2,1-2H3;3*2H,1H2,(H,4,5). The first-order chi connectivity index (χ1) is 11.3. The van der Waals surface area contributed by atoms with Crippen LogP contribution in [0.25, 0.3) is 0 Å². The molecule has 0 radical (unpaired) electrons. The molecule has 1 atom stereocenters. The molecular weight excluding hydrogens is 340 g/mol. The monoisotopic (exact) mass is 366 g/mol. The van der Waals surface area contributed by atoms with Crippen molar-refractivity contribution in [3.8, 4) is 0 Å². The third-order valence-corrected chi connectivity index (χ3v) is 1.54. The van der Waals surface area contributed by atoms with Gasteiger partial charge in [0, 0.05) is 24.8 Å². The van der Waals surface area contributed by atoms with Gasteiger partial charge in [0.05, 0.1) is 12.5 Å². The Morgan fingerprint density at radius 1 is 0.920 bits per heavy atom. The summed E-state index contributed by atoms with van der Waals surface area (Å²) in [5.74, 6) is -5.55. The summed E-state index contributed by atoms with van der Waals surface area (Å²) >= 11 is 0. The lowest BCUT2D eigenvalue weighted by Crippen LogP contribution is -2.32. The fourth-order valence-corrected chi connectivity index (χ4v) is 0.729. The van der Waals surface area contributed by atoms with Crippen molar-refractivity contribution < 1.29 is 49.8 Å². The summed E-state index contributed by atoms with van der Waals surface area (Å²) in [6.07, 6.45) is 1.96. The van der Waals surface area contributed by atoms with Gasteiger partial charge in [0.25, 0.3) is 5.97 Å². The number of hydrogen-bond acceptors (Lipinski definition) is 7. The lowest BCUT2D eigenvalue weighted by Gasteiger charge is -2.18. The number of carboxylic acids is 3.